The van der Waals surface area contributed by atoms with Crippen LogP contribution < -0.4 is 10.1 Å². The number of alkyl halides is 2. The predicted octanol–water partition coefficient (Wildman–Crippen LogP) is 2.38. The number of rotatable bonds is 5. The normalized spacial score (nSPS) is 23.1. The molecule has 0 aliphatic carbocycles. The first-order chi connectivity index (χ1) is 11.5. The third-order valence-corrected chi connectivity index (χ3v) is 5.20. The van der Waals surface area contributed by atoms with E-state index >= 15 is 0 Å². The molecule has 2 aliphatic rings. The second kappa shape index (κ2) is 7.76. The van der Waals surface area contributed by atoms with E-state index in [1.165, 1.54) is 0 Å². The quantitative estimate of drug-likeness (QED) is 0.891. The van der Waals surface area contributed by atoms with Gasteiger partial charge in [-0.3, -0.25) is 9.80 Å². The van der Waals surface area contributed by atoms with Crippen LogP contribution in [0.15, 0.2) is 12.1 Å². The summed E-state index contributed by atoms with van der Waals surface area (Å²) in [6, 6.07) is 4.31. The molecule has 1 aromatic rings. The highest BCUT2D eigenvalue weighted by molar-refractivity contribution is 5.41. The highest BCUT2D eigenvalue weighted by Crippen LogP contribution is 2.28. The third-order valence-electron chi connectivity index (χ3n) is 5.20. The molecule has 0 saturated carbocycles. The van der Waals surface area contributed by atoms with E-state index in [1.54, 1.807) is 6.07 Å². The minimum absolute atomic E-state index is 0.318. The summed E-state index contributed by atoms with van der Waals surface area (Å²) in [5.41, 5.74) is 2.96. The number of hydrogen-bond donors (Lipinski definition) is 1. The largest absolute Gasteiger partial charge is 0.434 e. The molecule has 134 valence electrons. The molecule has 0 amide bonds. The molecule has 24 heavy (non-hydrogen) atoms. The smallest absolute Gasteiger partial charge is 0.387 e. The molecule has 4 nitrogen and oxygen atoms in total. The van der Waals surface area contributed by atoms with Gasteiger partial charge in [-0.2, -0.15) is 8.78 Å². The van der Waals surface area contributed by atoms with E-state index in [1.807, 2.05) is 19.9 Å². The summed E-state index contributed by atoms with van der Waals surface area (Å²) in [4.78, 5) is 4.91. The number of benzene rings is 1. The fraction of sp³-hybridized carbons (Fsp3) is 0.667. The van der Waals surface area contributed by atoms with Gasteiger partial charge in [0.1, 0.15) is 5.75 Å². The lowest BCUT2D eigenvalue weighted by atomic mass is 10.0. The third kappa shape index (κ3) is 4.23. The van der Waals surface area contributed by atoms with E-state index in [0.717, 1.165) is 62.4 Å². The van der Waals surface area contributed by atoms with Gasteiger partial charge < -0.3 is 10.1 Å². The van der Waals surface area contributed by atoms with Crippen molar-refractivity contribution in [2.24, 2.45) is 0 Å². The highest BCUT2D eigenvalue weighted by atomic mass is 19.3. The molecule has 0 radical (unpaired) electrons. The maximum Gasteiger partial charge on any atom is 0.387 e. The van der Waals surface area contributed by atoms with Crippen molar-refractivity contribution >= 4 is 0 Å². The number of nitrogens with one attached hydrogen (secondary N) is 1. The van der Waals surface area contributed by atoms with Crippen LogP contribution in [-0.2, 0) is 6.54 Å². The Morgan fingerprint density at radius 1 is 1.17 bits per heavy atom. The van der Waals surface area contributed by atoms with Gasteiger partial charge in [0, 0.05) is 57.4 Å². The van der Waals surface area contributed by atoms with Crippen molar-refractivity contribution in [2.75, 3.05) is 39.3 Å². The Morgan fingerprint density at radius 3 is 2.58 bits per heavy atom. The van der Waals surface area contributed by atoms with Crippen molar-refractivity contribution in [3.63, 3.8) is 0 Å². The van der Waals surface area contributed by atoms with Gasteiger partial charge in [-0.05, 0) is 37.5 Å². The minimum atomic E-state index is -2.78. The first-order valence-electron chi connectivity index (χ1n) is 8.75. The summed E-state index contributed by atoms with van der Waals surface area (Å²) < 4.78 is 30.2. The second-order valence-corrected chi connectivity index (χ2v) is 6.89. The molecule has 3 rings (SSSR count). The Kier molecular flexibility index (Phi) is 5.69. The Bertz CT molecular complexity index is 561. The van der Waals surface area contributed by atoms with Gasteiger partial charge >= 0.3 is 6.61 Å². The molecule has 1 aromatic carbocycles. The number of halogens is 2. The average Bonchev–Trinajstić information content (AvgIpc) is 3.01. The van der Waals surface area contributed by atoms with Crippen molar-refractivity contribution in [2.45, 2.75) is 39.5 Å². The van der Waals surface area contributed by atoms with Gasteiger partial charge in [0.05, 0.1) is 0 Å². The van der Waals surface area contributed by atoms with Crippen LogP contribution in [-0.4, -0.2) is 61.7 Å². The van der Waals surface area contributed by atoms with E-state index in [0.29, 0.717) is 18.3 Å². The topological polar surface area (TPSA) is 27.7 Å². The zero-order valence-corrected chi connectivity index (χ0v) is 14.5. The minimum Gasteiger partial charge on any atom is -0.434 e. The Hall–Kier alpha value is -1.24. The van der Waals surface area contributed by atoms with Crippen LogP contribution in [0.1, 0.15) is 23.1 Å². The standard InChI is InChI=1S/C18H27F2N3O/c1-13-9-15(17(10-14(13)2)24-18(19)20)11-22-6-3-16(12-22)23-7-4-21-5-8-23/h9-10,16,18,21H,3-8,11-12H2,1-2H3. The van der Waals surface area contributed by atoms with Crippen LogP contribution >= 0.6 is 0 Å². The fourth-order valence-electron chi connectivity index (χ4n) is 3.72. The molecule has 0 aromatic heterocycles. The molecule has 1 atom stereocenters. The first kappa shape index (κ1) is 17.6. The first-order valence-corrected chi connectivity index (χ1v) is 8.75. The van der Waals surface area contributed by atoms with Gasteiger partial charge in [-0.15, -0.1) is 0 Å². The monoisotopic (exact) mass is 339 g/mol. The molecule has 6 heteroatoms. The Labute approximate surface area is 142 Å². The summed E-state index contributed by atoms with van der Waals surface area (Å²) in [5.74, 6) is 0.318. The molecular formula is C18H27F2N3O. The highest BCUT2D eigenvalue weighted by Gasteiger charge is 2.29. The number of hydrogen-bond acceptors (Lipinski definition) is 4. The molecule has 2 heterocycles. The lowest BCUT2D eigenvalue weighted by Gasteiger charge is -2.32. The molecule has 1 N–H and O–H groups in total. The van der Waals surface area contributed by atoms with E-state index in [9.17, 15) is 8.78 Å². The van der Waals surface area contributed by atoms with Crippen LogP contribution in [0.4, 0.5) is 8.78 Å². The van der Waals surface area contributed by atoms with Crippen molar-refractivity contribution in [3.05, 3.63) is 28.8 Å². The summed E-state index contributed by atoms with van der Waals surface area (Å²) in [6.45, 7) is 8.15. The van der Waals surface area contributed by atoms with Crippen LogP contribution in [0, 0.1) is 13.8 Å². The number of likely N-dealkylation sites (tertiary alicyclic amines) is 1. The van der Waals surface area contributed by atoms with Crippen LogP contribution in [0.25, 0.3) is 0 Å². The summed E-state index contributed by atoms with van der Waals surface area (Å²) >= 11 is 0. The lowest BCUT2D eigenvalue weighted by molar-refractivity contribution is -0.0507. The van der Waals surface area contributed by atoms with Crippen molar-refractivity contribution in [3.8, 4) is 5.75 Å². The fourth-order valence-corrected chi connectivity index (χ4v) is 3.72. The van der Waals surface area contributed by atoms with Gasteiger partial charge in [-0.25, -0.2) is 0 Å². The van der Waals surface area contributed by atoms with Crippen LogP contribution in [0.5, 0.6) is 5.75 Å². The number of piperazine rings is 1. The molecule has 0 spiro atoms. The Morgan fingerprint density at radius 2 is 1.88 bits per heavy atom. The van der Waals surface area contributed by atoms with Gasteiger partial charge in [0.25, 0.3) is 0 Å². The van der Waals surface area contributed by atoms with E-state index in [2.05, 4.69) is 15.1 Å². The molecule has 2 aliphatic heterocycles. The van der Waals surface area contributed by atoms with Gasteiger partial charge in [-0.1, -0.05) is 6.07 Å². The molecular weight excluding hydrogens is 312 g/mol. The van der Waals surface area contributed by atoms with E-state index in [-0.39, 0.29) is 0 Å². The van der Waals surface area contributed by atoms with Crippen molar-refractivity contribution < 1.29 is 13.5 Å². The van der Waals surface area contributed by atoms with Crippen LogP contribution in [0.3, 0.4) is 0 Å². The number of nitrogens with zero attached hydrogens (tertiary/aromatic N) is 2. The van der Waals surface area contributed by atoms with E-state index in [4.69, 9.17) is 4.74 Å². The zero-order chi connectivity index (χ0) is 17.1. The maximum absolute atomic E-state index is 12.7. The average molecular weight is 339 g/mol. The van der Waals surface area contributed by atoms with Gasteiger partial charge in [0.15, 0.2) is 0 Å². The van der Waals surface area contributed by atoms with Gasteiger partial charge in [0.2, 0.25) is 0 Å². The molecule has 0 bridgehead atoms. The number of ether oxygens (including phenoxy) is 1. The van der Waals surface area contributed by atoms with Crippen molar-refractivity contribution in [1.29, 1.82) is 0 Å². The van der Waals surface area contributed by atoms with Crippen LogP contribution in [0.2, 0.25) is 0 Å². The zero-order valence-electron chi connectivity index (χ0n) is 14.5. The second-order valence-electron chi connectivity index (χ2n) is 6.89. The summed E-state index contributed by atoms with van der Waals surface area (Å²) in [5, 5.41) is 3.38. The van der Waals surface area contributed by atoms with Crippen molar-refractivity contribution in [1.82, 2.24) is 15.1 Å². The predicted molar refractivity (Wildman–Crippen MR) is 90.7 cm³/mol. The number of aryl methyl sites for hydroxylation is 2. The maximum atomic E-state index is 12.7. The summed E-state index contributed by atoms with van der Waals surface area (Å²) in [7, 11) is 0. The molecule has 2 saturated heterocycles. The molecule has 2 fully saturated rings. The molecule has 1 unspecified atom stereocenters. The summed E-state index contributed by atoms with van der Waals surface area (Å²) in [6.07, 6.45) is 1.15. The van der Waals surface area contributed by atoms with E-state index < -0.39 is 6.61 Å². The Balaban J connectivity index is 1.66. The lowest BCUT2D eigenvalue weighted by Crippen LogP contribution is -2.49. The SMILES string of the molecule is Cc1cc(CN2CCC(N3CCNCC3)C2)c(OC(F)F)cc1C.